The number of thiophene rings is 1. The van der Waals surface area contributed by atoms with Gasteiger partial charge in [0.15, 0.2) is 0 Å². The summed E-state index contributed by atoms with van der Waals surface area (Å²) in [4.78, 5) is 22.6. The van der Waals surface area contributed by atoms with Gasteiger partial charge in [0.05, 0.1) is 21.6 Å². The van der Waals surface area contributed by atoms with Gasteiger partial charge < -0.3 is 11.1 Å². The average Bonchev–Trinajstić information content (AvgIpc) is 3.12. The highest BCUT2D eigenvalue weighted by atomic mass is 35.5. The van der Waals surface area contributed by atoms with Gasteiger partial charge in [-0.25, -0.2) is 9.97 Å². The molecule has 29 heavy (non-hydrogen) atoms. The number of nitrogens with two attached hydrogens (primary N) is 1. The Balaban J connectivity index is 1.71. The predicted molar refractivity (Wildman–Crippen MR) is 120 cm³/mol. The Kier molecular flexibility index (Phi) is 5.41. The van der Waals surface area contributed by atoms with Crippen LogP contribution in [0.3, 0.4) is 0 Å². The van der Waals surface area contributed by atoms with Crippen LogP contribution >= 0.6 is 34.5 Å². The molecule has 2 aromatic heterocycles. The molecule has 1 amide bonds. The number of anilines is 1. The Hall–Kier alpha value is -2.67. The molecule has 0 fully saturated rings. The summed E-state index contributed by atoms with van der Waals surface area (Å²) in [6.07, 6.45) is 0. The average molecular weight is 443 g/mol. The summed E-state index contributed by atoms with van der Waals surface area (Å²) in [6, 6.07) is 16.6. The van der Waals surface area contributed by atoms with E-state index in [1.54, 1.807) is 24.3 Å². The van der Waals surface area contributed by atoms with Crippen molar-refractivity contribution in [1.82, 2.24) is 15.3 Å². The number of carbonyl (C=O) groups excluding carboxylic acids is 1. The van der Waals surface area contributed by atoms with E-state index in [0.29, 0.717) is 36.4 Å². The molecule has 2 aromatic carbocycles. The van der Waals surface area contributed by atoms with Crippen LogP contribution in [0.4, 0.5) is 5.95 Å². The van der Waals surface area contributed by atoms with Gasteiger partial charge in [0.2, 0.25) is 5.95 Å². The predicted octanol–water partition coefficient (Wildman–Crippen LogP) is 5.74. The molecule has 146 valence electrons. The first-order chi connectivity index (χ1) is 13.9. The number of aromatic nitrogens is 2. The molecule has 3 N–H and O–H groups in total. The molecule has 0 aliphatic carbocycles. The zero-order chi connectivity index (χ0) is 20.5. The van der Waals surface area contributed by atoms with E-state index in [2.05, 4.69) is 15.3 Å². The van der Waals surface area contributed by atoms with Crippen LogP contribution in [0.5, 0.6) is 0 Å². The third-order valence-corrected chi connectivity index (χ3v) is 6.04. The van der Waals surface area contributed by atoms with Crippen LogP contribution in [0.15, 0.2) is 54.6 Å². The summed E-state index contributed by atoms with van der Waals surface area (Å²) >= 11 is 13.6. The van der Waals surface area contributed by atoms with Crippen LogP contribution in [-0.4, -0.2) is 15.9 Å². The number of benzene rings is 2. The molecule has 0 spiro atoms. The first kappa shape index (κ1) is 19.6. The number of amides is 1. The standard InChI is InChI=1S/C21H16Cl2N4OS/c1-11(12-5-3-2-4-6-12)25-19(28)17-10-15-18(26-21(24)27-20(15)29-17)14-8-7-13(22)9-16(14)23/h2-11H,1H3,(H,25,28)(H2,24,26,27)/t11-/m0/s1. The summed E-state index contributed by atoms with van der Waals surface area (Å²) in [5, 5.41) is 4.70. The van der Waals surface area contributed by atoms with E-state index in [1.807, 2.05) is 37.3 Å². The quantitative estimate of drug-likeness (QED) is 0.422. The number of nitrogens with one attached hydrogen (secondary N) is 1. The van der Waals surface area contributed by atoms with Gasteiger partial charge in [0.1, 0.15) is 4.83 Å². The van der Waals surface area contributed by atoms with Crippen LogP contribution < -0.4 is 11.1 Å². The number of halogens is 2. The molecule has 0 saturated heterocycles. The van der Waals surface area contributed by atoms with Gasteiger partial charge in [-0.1, -0.05) is 53.5 Å². The number of fused-ring (bicyclic) bond motifs is 1. The minimum atomic E-state index is -0.184. The summed E-state index contributed by atoms with van der Waals surface area (Å²) < 4.78 is 0. The van der Waals surface area contributed by atoms with Crippen molar-refractivity contribution < 1.29 is 4.79 Å². The lowest BCUT2D eigenvalue weighted by molar-refractivity contribution is 0.0944. The summed E-state index contributed by atoms with van der Waals surface area (Å²) in [7, 11) is 0. The fraction of sp³-hybridized carbons (Fsp3) is 0.0952. The van der Waals surface area contributed by atoms with Crippen LogP contribution in [0, 0.1) is 0 Å². The minimum Gasteiger partial charge on any atom is -0.368 e. The van der Waals surface area contributed by atoms with Gasteiger partial charge in [-0.15, -0.1) is 11.3 Å². The van der Waals surface area contributed by atoms with Crippen molar-refractivity contribution >= 4 is 56.6 Å². The molecule has 0 unspecified atom stereocenters. The smallest absolute Gasteiger partial charge is 0.261 e. The highest BCUT2D eigenvalue weighted by Gasteiger charge is 2.19. The van der Waals surface area contributed by atoms with Gasteiger partial charge in [0, 0.05) is 16.0 Å². The number of nitrogen functional groups attached to an aromatic ring is 1. The van der Waals surface area contributed by atoms with Crippen molar-refractivity contribution in [3.63, 3.8) is 0 Å². The van der Waals surface area contributed by atoms with Gasteiger partial charge in [0.25, 0.3) is 5.91 Å². The third-order valence-electron chi connectivity index (χ3n) is 4.47. The second kappa shape index (κ2) is 7.99. The monoisotopic (exact) mass is 442 g/mol. The maximum atomic E-state index is 12.8. The fourth-order valence-corrected chi connectivity index (χ4v) is 4.47. The Labute approximate surface area is 181 Å². The molecule has 0 aliphatic rings. The minimum absolute atomic E-state index is 0.116. The van der Waals surface area contributed by atoms with E-state index in [1.165, 1.54) is 11.3 Å². The highest BCUT2D eigenvalue weighted by Crippen LogP contribution is 2.36. The highest BCUT2D eigenvalue weighted by molar-refractivity contribution is 7.20. The van der Waals surface area contributed by atoms with Gasteiger partial charge in [-0.3, -0.25) is 4.79 Å². The number of hydrogen-bond acceptors (Lipinski definition) is 5. The van der Waals surface area contributed by atoms with E-state index in [4.69, 9.17) is 28.9 Å². The molecule has 2 heterocycles. The van der Waals surface area contributed by atoms with E-state index >= 15 is 0 Å². The van der Waals surface area contributed by atoms with Crippen molar-refractivity contribution in [1.29, 1.82) is 0 Å². The molecule has 0 aliphatic heterocycles. The van der Waals surface area contributed by atoms with Gasteiger partial charge in [-0.2, -0.15) is 0 Å². The number of carbonyl (C=O) groups is 1. The summed E-state index contributed by atoms with van der Waals surface area (Å²) in [5.41, 5.74) is 8.17. The second-order valence-electron chi connectivity index (χ2n) is 6.49. The largest absolute Gasteiger partial charge is 0.368 e. The van der Waals surface area contributed by atoms with Crippen molar-refractivity contribution in [3.05, 3.63) is 75.1 Å². The Bertz CT molecular complexity index is 1210. The lowest BCUT2D eigenvalue weighted by Gasteiger charge is -2.13. The first-order valence-electron chi connectivity index (χ1n) is 8.80. The number of nitrogens with zero attached hydrogens (tertiary/aromatic N) is 2. The maximum absolute atomic E-state index is 12.8. The van der Waals surface area contributed by atoms with Crippen LogP contribution in [0.1, 0.15) is 28.2 Å². The van der Waals surface area contributed by atoms with E-state index in [0.717, 1.165) is 5.56 Å². The van der Waals surface area contributed by atoms with Crippen LogP contribution in [0.25, 0.3) is 21.5 Å². The van der Waals surface area contributed by atoms with Crippen molar-refractivity contribution in [2.45, 2.75) is 13.0 Å². The molecule has 4 aromatic rings. The van der Waals surface area contributed by atoms with Crippen molar-refractivity contribution in [3.8, 4) is 11.3 Å². The SMILES string of the molecule is C[C@H](NC(=O)c1cc2c(-c3ccc(Cl)cc3Cl)nc(N)nc2s1)c1ccccc1. The summed E-state index contributed by atoms with van der Waals surface area (Å²) in [5.74, 6) is -0.0685. The van der Waals surface area contributed by atoms with Crippen molar-refractivity contribution in [2.75, 3.05) is 5.73 Å². The first-order valence-corrected chi connectivity index (χ1v) is 10.4. The molecule has 0 radical (unpaired) electrons. The Morgan fingerprint density at radius 3 is 2.59 bits per heavy atom. The molecule has 0 bridgehead atoms. The zero-order valence-corrected chi connectivity index (χ0v) is 17.6. The molecular formula is C21H16Cl2N4OS. The molecule has 8 heteroatoms. The molecule has 1 atom stereocenters. The fourth-order valence-electron chi connectivity index (χ4n) is 3.03. The molecule has 4 rings (SSSR count). The van der Waals surface area contributed by atoms with Gasteiger partial charge in [-0.05, 0) is 36.8 Å². The third kappa shape index (κ3) is 4.05. The molecule has 0 saturated carbocycles. The summed E-state index contributed by atoms with van der Waals surface area (Å²) in [6.45, 7) is 1.94. The Morgan fingerprint density at radius 2 is 1.86 bits per heavy atom. The van der Waals surface area contributed by atoms with E-state index in [-0.39, 0.29) is 17.9 Å². The number of rotatable bonds is 4. The molecule has 5 nitrogen and oxygen atoms in total. The normalized spacial score (nSPS) is 12.1. The van der Waals surface area contributed by atoms with Crippen LogP contribution in [-0.2, 0) is 0 Å². The number of hydrogen-bond donors (Lipinski definition) is 2. The van der Waals surface area contributed by atoms with Crippen molar-refractivity contribution in [2.24, 2.45) is 0 Å². The van der Waals surface area contributed by atoms with Crippen LogP contribution in [0.2, 0.25) is 10.0 Å². The van der Waals surface area contributed by atoms with E-state index in [9.17, 15) is 4.79 Å². The second-order valence-corrected chi connectivity index (χ2v) is 8.36. The molecular weight excluding hydrogens is 427 g/mol. The lowest BCUT2D eigenvalue weighted by Crippen LogP contribution is -2.25. The lowest BCUT2D eigenvalue weighted by atomic mass is 10.1. The Morgan fingerprint density at radius 1 is 1.10 bits per heavy atom. The van der Waals surface area contributed by atoms with E-state index < -0.39 is 0 Å². The van der Waals surface area contributed by atoms with Gasteiger partial charge >= 0.3 is 0 Å². The topological polar surface area (TPSA) is 80.9 Å². The zero-order valence-electron chi connectivity index (χ0n) is 15.3. The maximum Gasteiger partial charge on any atom is 0.261 e.